The first-order chi connectivity index (χ1) is 8.12. The number of rotatable bonds is 5. The van der Waals surface area contributed by atoms with Crippen LogP contribution in [0.1, 0.15) is 13.8 Å². The zero-order valence-electron chi connectivity index (χ0n) is 10.3. The van der Waals surface area contributed by atoms with Crippen molar-refractivity contribution in [1.29, 1.82) is 0 Å². The van der Waals surface area contributed by atoms with E-state index < -0.39 is 25.3 Å². The standard InChI is InChI=1S/C10H16N2O4S2/c1-8(2)18(15,16)12-10-7-5-4-6-9(10)11-17(3,13)14/h4-8,11-12H,1-3H3. The molecule has 18 heavy (non-hydrogen) atoms. The molecule has 0 fully saturated rings. The number of hydrogen-bond donors (Lipinski definition) is 2. The molecule has 2 N–H and O–H groups in total. The van der Waals surface area contributed by atoms with Crippen molar-refractivity contribution in [3.8, 4) is 0 Å². The second-order valence-electron chi connectivity index (χ2n) is 4.12. The zero-order valence-corrected chi connectivity index (χ0v) is 12.0. The molecule has 0 heterocycles. The number of nitrogens with one attached hydrogen (secondary N) is 2. The predicted octanol–water partition coefficient (Wildman–Crippen LogP) is 1.21. The number of sulfonamides is 2. The van der Waals surface area contributed by atoms with Crippen LogP contribution in [0.5, 0.6) is 0 Å². The van der Waals surface area contributed by atoms with Crippen molar-refractivity contribution in [3.05, 3.63) is 24.3 Å². The molecule has 0 radical (unpaired) electrons. The molecule has 0 aliphatic heterocycles. The Morgan fingerprint density at radius 2 is 1.39 bits per heavy atom. The third-order valence-corrected chi connectivity index (χ3v) is 4.43. The summed E-state index contributed by atoms with van der Waals surface area (Å²) < 4.78 is 50.4. The van der Waals surface area contributed by atoms with E-state index in [4.69, 9.17) is 0 Å². The SMILES string of the molecule is CC(C)S(=O)(=O)Nc1ccccc1NS(C)(=O)=O. The van der Waals surface area contributed by atoms with Crippen LogP contribution in [0.3, 0.4) is 0 Å². The fourth-order valence-corrected chi connectivity index (χ4v) is 2.43. The van der Waals surface area contributed by atoms with Gasteiger partial charge in [0, 0.05) is 0 Å². The van der Waals surface area contributed by atoms with E-state index in [-0.39, 0.29) is 11.4 Å². The van der Waals surface area contributed by atoms with Crippen LogP contribution >= 0.6 is 0 Å². The third kappa shape index (κ3) is 4.19. The predicted molar refractivity (Wildman–Crippen MR) is 72.6 cm³/mol. The summed E-state index contributed by atoms with van der Waals surface area (Å²) in [5.74, 6) is 0. The van der Waals surface area contributed by atoms with Gasteiger partial charge in [0.25, 0.3) is 0 Å². The van der Waals surface area contributed by atoms with Gasteiger partial charge in [0.05, 0.1) is 22.9 Å². The lowest BCUT2D eigenvalue weighted by Crippen LogP contribution is -2.23. The summed E-state index contributed by atoms with van der Waals surface area (Å²) in [5.41, 5.74) is 0.404. The normalized spacial score (nSPS) is 12.4. The summed E-state index contributed by atoms with van der Waals surface area (Å²) in [6, 6.07) is 6.21. The number of anilines is 2. The molecule has 0 amide bonds. The zero-order chi connectivity index (χ0) is 14.0. The molecule has 6 nitrogen and oxygen atoms in total. The van der Waals surface area contributed by atoms with Crippen LogP contribution in [0.4, 0.5) is 11.4 Å². The second kappa shape index (κ2) is 5.15. The number of para-hydroxylation sites is 2. The Hall–Kier alpha value is -1.28. The Morgan fingerprint density at radius 3 is 1.78 bits per heavy atom. The molecule has 1 aromatic rings. The molecular weight excluding hydrogens is 276 g/mol. The first-order valence-corrected chi connectivity index (χ1v) is 8.64. The van der Waals surface area contributed by atoms with Gasteiger partial charge in [-0.05, 0) is 26.0 Å². The average Bonchev–Trinajstić information content (AvgIpc) is 2.18. The highest BCUT2D eigenvalue weighted by Gasteiger charge is 2.17. The topological polar surface area (TPSA) is 92.3 Å². The minimum Gasteiger partial charge on any atom is -0.282 e. The Labute approximate surface area is 108 Å². The maximum atomic E-state index is 11.7. The van der Waals surface area contributed by atoms with Gasteiger partial charge in [0.15, 0.2) is 0 Å². The monoisotopic (exact) mass is 292 g/mol. The molecule has 0 unspecified atom stereocenters. The molecule has 1 rings (SSSR count). The van der Waals surface area contributed by atoms with Crippen LogP contribution in [0.25, 0.3) is 0 Å². The highest BCUT2D eigenvalue weighted by atomic mass is 32.2. The van der Waals surface area contributed by atoms with Crippen LogP contribution < -0.4 is 9.44 Å². The third-order valence-electron chi connectivity index (χ3n) is 2.10. The quantitative estimate of drug-likeness (QED) is 0.853. The second-order valence-corrected chi connectivity index (χ2v) is 8.10. The van der Waals surface area contributed by atoms with Gasteiger partial charge in [-0.15, -0.1) is 0 Å². The van der Waals surface area contributed by atoms with Crippen molar-refractivity contribution in [2.75, 3.05) is 15.7 Å². The largest absolute Gasteiger partial charge is 0.282 e. The molecule has 0 aromatic heterocycles. The van der Waals surface area contributed by atoms with Crippen LogP contribution in [-0.4, -0.2) is 28.3 Å². The molecule has 0 bridgehead atoms. The molecule has 1 aromatic carbocycles. The molecule has 0 saturated carbocycles. The minimum absolute atomic E-state index is 0.198. The molecule has 0 aliphatic rings. The van der Waals surface area contributed by atoms with E-state index in [1.165, 1.54) is 26.0 Å². The van der Waals surface area contributed by atoms with E-state index in [1.807, 2.05) is 0 Å². The van der Waals surface area contributed by atoms with E-state index in [9.17, 15) is 16.8 Å². The van der Waals surface area contributed by atoms with E-state index >= 15 is 0 Å². The van der Waals surface area contributed by atoms with E-state index in [1.54, 1.807) is 12.1 Å². The summed E-state index contributed by atoms with van der Waals surface area (Å²) in [5, 5.41) is -0.608. The van der Waals surface area contributed by atoms with Gasteiger partial charge in [-0.1, -0.05) is 12.1 Å². The van der Waals surface area contributed by atoms with Gasteiger partial charge in [-0.3, -0.25) is 9.44 Å². The van der Waals surface area contributed by atoms with Gasteiger partial charge in [0.2, 0.25) is 20.0 Å². The average molecular weight is 292 g/mol. The minimum atomic E-state index is -3.51. The van der Waals surface area contributed by atoms with Crippen LogP contribution in [0, 0.1) is 0 Å². The van der Waals surface area contributed by atoms with E-state index in [2.05, 4.69) is 9.44 Å². The first kappa shape index (κ1) is 14.8. The lowest BCUT2D eigenvalue weighted by molar-refractivity contribution is 0.592. The van der Waals surface area contributed by atoms with E-state index in [0.717, 1.165) is 6.26 Å². The van der Waals surface area contributed by atoms with Crippen molar-refractivity contribution >= 4 is 31.4 Å². The molecule has 0 saturated heterocycles. The fourth-order valence-electron chi connectivity index (χ4n) is 1.13. The Bertz CT molecular complexity index is 621. The van der Waals surface area contributed by atoms with Gasteiger partial charge in [0.1, 0.15) is 0 Å². The lowest BCUT2D eigenvalue weighted by Gasteiger charge is -2.14. The summed E-state index contributed by atoms with van der Waals surface area (Å²) >= 11 is 0. The van der Waals surface area contributed by atoms with Gasteiger partial charge in [-0.2, -0.15) is 0 Å². The smallest absolute Gasteiger partial charge is 0.235 e. The van der Waals surface area contributed by atoms with Crippen LogP contribution in [-0.2, 0) is 20.0 Å². The summed E-state index contributed by atoms with van der Waals surface area (Å²) in [7, 11) is -6.97. The van der Waals surface area contributed by atoms with Crippen LogP contribution in [0.2, 0.25) is 0 Å². The lowest BCUT2D eigenvalue weighted by atomic mass is 10.3. The Balaban J connectivity index is 3.11. The van der Waals surface area contributed by atoms with E-state index in [0.29, 0.717) is 0 Å². The first-order valence-electron chi connectivity index (χ1n) is 5.20. The maximum Gasteiger partial charge on any atom is 0.235 e. The van der Waals surface area contributed by atoms with Crippen molar-refractivity contribution in [2.24, 2.45) is 0 Å². The van der Waals surface area contributed by atoms with Gasteiger partial charge < -0.3 is 0 Å². The molecule has 0 aliphatic carbocycles. The highest BCUT2D eigenvalue weighted by Crippen LogP contribution is 2.23. The Kier molecular flexibility index (Phi) is 4.23. The fraction of sp³-hybridized carbons (Fsp3) is 0.400. The summed E-state index contributed by atoms with van der Waals surface area (Å²) in [6.45, 7) is 3.07. The molecule has 102 valence electrons. The van der Waals surface area contributed by atoms with Gasteiger partial charge in [-0.25, -0.2) is 16.8 Å². The molecule has 8 heteroatoms. The number of benzene rings is 1. The van der Waals surface area contributed by atoms with Gasteiger partial charge >= 0.3 is 0 Å². The maximum absolute atomic E-state index is 11.7. The Morgan fingerprint density at radius 1 is 0.944 bits per heavy atom. The van der Waals surface area contributed by atoms with Crippen LogP contribution in [0.15, 0.2) is 24.3 Å². The van der Waals surface area contributed by atoms with Crippen molar-refractivity contribution in [3.63, 3.8) is 0 Å². The number of hydrogen-bond acceptors (Lipinski definition) is 4. The summed E-state index contributed by atoms with van der Waals surface area (Å²) in [6.07, 6.45) is 1.00. The van der Waals surface area contributed by atoms with Crippen molar-refractivity contribution in [2.45, 2.75) is 19.1 Å². The van der Waals surface area contributed by atoms with Crippen molar-refractivity contribution < 1.29 is 16.8 Å². The molecular formula is C10H16N2O4S2. The molecule has 0 atom stereocenters. The molecule has 0 spiro atoms. The summed E-state index contributed by atoms with van der Waals surface area (Å²) in [4.78, 5) is 0. The highest BCUT2D eigenvalue weighted by molar-refractivity contribution is 7.93. The van der Waals surface area contributed by atoms with Crippen molar-refractivity contribution in [1.82, 2.24) is 0 Å².